The average molecular weight is 387 g/mol. The smallest absolute Gasteiger partial charge is 0.262 e. The number of hydrogen-bond acceptors (Lipinski definition) is 3. The Hall–Kier alpha value is -2.24. The van der Waals surface area contributed by atoms with Gasteiger partial charge in [-0.3, -0.25) is 9.59 Å². The Morgan fingerprint density at radius 2 is 2.12 bits per heavy atom. The second-order valence-corrected chi connectivity index (χ2v) is 7.46. The summed E-state index contributed by atoms with van der Waals surface area (Å²) in [4.78, 5) is 26.1. The zero-order chi connectivity index (χ0) is 18.5. The van der Waals surface area contributed by atoms with Gasteiger partial charge in [0.05, 0.1) is 10.6 Å². The summed E-state index contributed by atoms with van der Waals surface area (Å²) < 4.78 is 0. The molecule has 3 rings (SSSR count). The van der Waals surface area contributed by atoms with Crippen LogP contribution in [0.25, 0.3) is 6.08 Å². The van der Waals surface area contributed by atoms with Gasteiger partial charge in [-0.2, -0.15) is 0 Å². The zero-order valence-corrected chi connectivity index (χ0v) is 15.9. The first-order chi connectivity index (χ1) is 12.6. The first-order valence-electron chi connectivity index (χ1n) is 8.45. The summed E-state index contributed by atoms with van der Waals surface area (Å²) in [7, 11) is 0. The zero-order valence-electron chi connectivity index (χ0n) is 14.3. The molecule has 0 radical (unpaired) electrons. The van der Waals surface area contributed by atoms with Gasteiger partial charge >= 0.3 is 0 Å². The number of halogens is 1. The van der Waals surface area contributed by atoms with Crippen LogP contribution in [0.3, 0.4) is 0 Å². The molecule has 2 N–H and O–H groups in total. The molecule has 0 saturated carbocycles. The Balaban J connectivity index is 1.78. The molecule has 134 valence electrons. The topological polar surface area (TPSA) is 58.2 Å². The van der Waals surface area contributed by atoms with Crippen molar-refractivity contribution in [1.29, 1.82) is 0 Å². The fourth-order valence-electron chi connectivity index (χ4n) is 2.53. The summed E-state index contributed by atoms with van der Waals surface area (Å²) in [6, 6.07) is 12.7. The number of benzene rings is 2. The lowest BCUT2D eigenvalue weighted by Crippen LogP contribution is -2.25. The Kier molecular flexibility index (Phi) is 6.01. The Bertz CT molecular complexity index is 880. The van der Waals surface area contributed by atoms with E-state index >= 15 is 0 Å². The number of carbonyl (C=O) groups is 2. The molecule has 4 nitrogen and oxygen atoms in total. The van der Waals surface area contributed by atoms with Crippen LogP contribution in [0.2, 0.25) is 5.02 Å². The van der Waals surface area contributed by atoms with Crippen molar-refractivity contribution in [3.05, 3.63) is 63.5 Å². The third-order valence-corrected chi connectivity index (χ3v) is 5.23. The van der Waals surface area contributed by atoms with Crippen LogP contribution < -0.4 is 10.6 Å². The largest absolute Gasteiger partial charge is 0.352 e. The lowest BCUT2D eigenvalue weighted by molar-refractivity contribution is -0.112. The maximum Gasteiger partial charge on any atom is 0.262 e. The lowest BCUT2D eigenvalue weighted by atomic mass is 10.1. The highest BCUT2D eigenvalue weighted by Gasteiger charge is 2.22. The number of fused-ring (bicyclic) bond motifs is 1. The third kappa shape index (κ3) is 4.48. The van der Waals surface area contributed by atoms with E-state index in [0.29, 0.717) is 27.7 Å². The molecule has 0 saturated heterocycles. The van der Waals surface area contributed by atoms with Crippen LogP contribution in [-0.2, 0) is 4.79 Å². The summed E-state index contributed by atoms with van der Waals surface area (Å²) in [5.74, 6) is -0.313. The van der Waals surface area contributed by atoms with Crippen LogP contribution in [0.15, 0.2) is 52.3 Å². The van der Waals surface area contributed by atoms with E-state index in [1.807, 2.05) is 24.3 Å². The number of hydrogen-bond donors (Lipinski definition) is 2. The summed E-state index contributed by atoms with van der Waals surface area (Å²) in [6.07, 6.45) is 3.78. The van der Waals surface area contributed by atoms with E-state index < -0.39 is 0 Å². The number of amides is 2. The fourth-order valence-corrected chi connectivity index (χ4v) is 3.66. The second kappa shape index (κ2) is 8.43. The minimum atomic E-state index is -0.189. The average Bonchev–Trinajstić information content (AvgIpc) is 2.62. The van der Waals surface area contributed by atoms with Crippen LogP contribution in [0, 0.1) is 0 Å². The summed E-state index contributed by atoms with van der Waals surface area (Å²) in [5.41, 5.74) is 2.07. The standard InChI is InChI=1S/C20H19ClN2O2S/c1-2-3-9-22-19(24)14-7-8-17-16(12-14)23-20(25)18(26-17)11-13-5-4-6-15(21)10-13/h4-8,10-12H,2-3,9H2,1H3,(H,22,24)(H,23,25)/b18-11+. The van der Waals surface area contributed by atoms with Crippen LogP contribution in [-0.4, -0.2) is 18.4 Å². The summed E-state index contributed by atoms with van der Waals surface area (Å²) in [6.45, 7) is 2.73. The summed E-state index contributed by atoms with van der Waals surface area (Å²) >= 11 is 7.38. The van der Waals surface area contributed by atoms with Crippen molar-refractivity contribution in [2.24, 2.45) is 0 Å². The molecular weight excluding hydrogens is 368 g/mol. The van der Waals surface area contributed by atoms with Crippen molar-refractivity contribution in [2.75, 3.05) is 11.9 Å². The van der Waals surface area contributed by atoms with E-state index in [2.05, 4.69) is 17.6 Å². The molecule has 6 heteroatoms. The van der Waals surface area contributed by atoms with Crippen molar-refractivity contribution < 1.29 is 9.59 Å². The Labute approximate surface area is 162 Å². The number of unbranched alkanes of at least 4 members (excludes halogenated alkanes) is 1. The number of thioether (sulfide) groups is 1. The molecule has 2 aromatic rings. The number of rotatable bonds is 5. The van der Waals surface area contributed by atoms with Gasteiger partial charge in [0.15, 0.2) is 0 Å². The molecule has 1 heterocycles. The number of anilines is 1. The molecule has 0 aromatic heterocycles. The minimum absolute atomic E-state index is 0.124. The van der Waals surface area contributed by atoms with E-state index in [4.69, 9.17) is 11.6 Å². The van der Waals surface area contributed by atoms with E-state index in [1.54, 1.807) is 24.3 Å². The maximum atomic E-state index is 12.4. The van der Waals surface area contributed by atoms with Gasteiger partial charge in [0.1, 0.15) is 0 Å². The van der Waals surface area contributed by atoms with Crippen molar-refractivity contribution in [2.45, 2.75) is 24.7 Å². The van der Waals surface area contributed by atoms with Gasteiger partial charge in [-0.05, 0) is 48.4 Å². The SMILES string of the molecule is CCCCNC(=O)c1ccc2c(c1)NC(=O)/C(=C\c1cccc(Cl)c1)S2. The number of carbonyl (C=O) groups excluding carboxylic acids is 2. The number of nitrogens with one attached hydrogen (secondary N) is 2. The normalized spacial score (nSPS) is 14.7. The molecule has 1 aliphatic rings. The first-order valence-corrected chi connectivity index (χ1v) is 9.65. The highest BCUT2D eigenvalue weighted by atomic mass is 35.5. The van der Waals surface area contributed by atoms with Crippen molar-refractivity contribution in [1.82, 2.24) is 5.32 Å². The predicted molar refractivity (Wildman–Crippen MR) is 108 cm³/mol. The van der Waals surface area contributed by atoms with Crippen molar-refractivity contribution in [3.63, 3.8) is 0 Å². The van der Waals surface area contributed by atoms with Gasteiger partial charge in [0.25, 0.3) is 11.8 Å². The van der Waals surface area contributed by atoms with E-state index in [-0.39, 0.29) is 11.8 Å². The highest BCUT2D eigenvalue weighted by Crippen LogP contribution is 2.39. The molecule has 0 fully saturated rings. The van der Waals surface area contributed by atoms with Gasteiger partial charge in [-0.15, -0.1) is 0 Å². The molecule has 0 unspecified atom stereocenters. The van der Waals surface area contributed by atoms with Gasteiger partial charge in [-0.25, -0.2) is 0 Å². The Morgan fingerprint density at radius 1 is 1.27 bits per heavy atom. The molecule has 2 aromatic carbocycles. The van der Waals surface area contributed by atoms with E-state index in [0.717, 1.165) is 23.3 Å². The van der Waals surface area contributed by atoms with E-state index in [9.17, 15) is 9.59 Å². The first kappa shape index (κ1) is 18.5. The molecule has 0 atom stereocenters. The lowest BCUT2D eigenvalue weighted by Gasteiger charge is -2.19. The highest BCUT2D eigenvalue weighted by molar-refractivity contribution is 8.04. The third-order valence-electron chi connectivity index (χ3n) is 3.90. The fraction of sp³-hybridized carbons (Fsp3) is 0.200. The van der Waals surface area contributed by atoms with Gasteiger partial charge in [-0.1, -0.05) is 48.8 Å². The molecule has 0 aliphatic carbocycles. The van der Waals surface area contributed by atoms with Gasteiger partial charge in [0.2, 0.25) is 0 Å². The molecule has 2 amide bonds. The van der Waals surface area contributed by atoms with Gasteiger partial charge < -0.3 is 10.6 Å². The quantitative estimate of drug-likeness (QED) is 0.564. The van der Waals surface area contributed by atoms with Crippen LogP contribution in [0.4, 0.5) is 5.69 Å². The van der Waals surface area contributed by atoms with Crippen LogP contribution in [0.1, 0.15) is 35.7 Å². The minimum Gasteiger partial charge on any atom is -0.352 e. The monoisotopic (exact) mass is 386 g/mol. The summed E-state index contributed by atoms with van der Waals surface area (Å²) in [5, 5.41) is 6.37. The molecule has 0 spiro atoms. The predicted octanol–water partition coefficient (Wildman–Crippen LogP) is 4.96. The molecular formula is C20H19ClN2O2S. The Morgan fingerprint density at radius 3 is 2.88 bits per heavy atom. The van der Waals surface area contributed by atoms with Gasteiger partial charge in [0, 0.05) is 22.0 Å². The molecule has 1 aliphatic heterocycles. The van der Waals surface area contributed by atoms with E-state index in [1.165, 1.54) is 11.8 Å². The van der Waals surface area contributed by atoms with Crippen LogP contribution >= 0.6 is 23.4 Å². The molecule has 0 bridgehead atoms. The second-order valence-electron chi connectivity index (χ2n) is 5.94. The van der Waals surface area contributed by atoms with Crippen molar-refractivity contribution >= 4 is 46.9 Å². The van der Waals surface area contributed by atoms with Crippen molar-refractivity contribution in [3.8, 4) is 0 Å². The van der Waals surface area contributed by atoms with Crippen LogP contribution in [0.5, 0.6) is 0 Å². The maximum absolute atomic E-state index is 12.4. The molecule has 26 heavy (non-hydrogen) atoms.